The summed E-state index contributed by atoms with van der Waals surface area (Å²) in [6, 6.07) is 17.6. The lowest BCUT2D eigenvalue weighted by Crippen LogP contribution is -2.44. The summed E-state index contributed by atoms with van der Waals surface area (Å²) in [4.78, 5) is 87.7. The molecule has 0 radical (unpaired) electrons. The van der Waals surface area contributed by atoms with Gasteiger partial charge in [-0.1, -0.05) is 56.3 Å². The average Bonchev–Trinajstić information content (AvgIpc) is 3.61. The molecule has 0 aliphatic rings. The Kier molecular flexibility index (Phi) is 20.0. The zero-order valence-corrected chi connectivity index (χ0v) is 35.2. The molecule has 1 heterocycles. The maximum Gasteiger partial charge on any atom is 0.410 e. The first-order chi connectivity index (χ1) is 28.1. The molecule has 4 aromatic rings. The maximum absolute atomic E-state index is 13.5. The molecule has 1 aromatic heterocycles. The number of nitrogens with one attached hydrogen (secondary N) is 4. The Morgan fingerprint density at radius 2 is 1.53 bits per heavy atom. The molecule has 0 spiro atoms. The molecule has 0 fully saturated rings. The summed E-state index contributed by atoms with van der Waals surface area (Å²) < 4.78 is 9.79. The summed E-state index contributed by atoms with van der Waals surface area (Å²) in [5.74, 6) is -1.21. The lowest BCUT2D eigenvalue weighted by molar-refractivity contribution is -0.137. The number of fused-ring (bicyclic) bond motifs is 1. The van der Waals surface area contributed by atoms with E-state index in [4.69, 9.17) is 4.74 Å². The van der Waals surface area contributed by atoms with E-state index < -0.39 is 35.5 Å². The van der Waals surface area contributed by atoms with Crippen molar-refractivity contribution in [1.29, 1.82) is 0 Å². The summed E-state index contributed by atoms with van der Waals surface area (Å²) >= 11 is 0. The van der Waals surface area contributed by atoms with Gasteiger partial charge in [0.25, 0.3) is 5.91 Å². The third kappa shape index (κ3) is 15.4. The van der Waals surface area contributed by atoms with Gasteiger partial charge in [0.2, 0.25) is 18.2 Å². The molecule has 4 rings (SSSR count). The Morgan fingerprint density at radius 3 is 2.14 bits per heavy atom. The van der Waals surface area contributed by atoms with Gasteiger partial charge in [-0.3, -0.25) is 24.0 Å². The lowest BCUT2D eigenvalue weighted by Gasteiger charge is -2.26. The van der Waals surface area contributed by atoms with Gasteiger partial charge in [-0.2, -0.15) is 0 Å². The van der Waals surface area contributed by atoms with Gasteiger partial charge in [-0.15, -0.1) is 12.8 Å². The van der Waals surface area contributed by atoms with Crippen molar-refractivity contribution in [3.05, 3.63) is 94.8 Å². The molecule has 0 saturated heterocycles. The highest BCUT2D eigenvalue weighted by Gasteiger charge is 2.27. The molecule has 15 nitrogen and oxygen atoms in total. The number of aromatic amines is 1. The Labute approximate surface area is 346 Å². The third-order valence-electron chi connectivity index (χ3n) is 8.28. The summed E-state index contributed by atoms with van der Waals surface area (Å²) in [5.41, 5.74) is 2.82. The van der Waals surface area contributed by atoms with Gasteiger partial charge in [0, 0.05) is 44.1 Å². The summed E-state index contributed by atoms with van der Waals surface area (Å²) in [6.07, 6.45) is 9.34. The van der Waals surface area contributed by atoms with E-state index in [-0.39, 0.29) is 37.5 Å². The normalized spacial score (nSPS) is 11.0. The van der Waals surface area contributed by atoms with Crippen molar-refractivity contribution in [2.45, 2.75) is 72.6 Å². The van der Waals surface area contributed by atoms with Crippen molar-refractivity contribution >= 4 is 52.7 Å². The van der Waals surface area contributed by atoms with Gasteiger partial charge in [-0.05, 0) is 75.9 Å². The molecular formula is C44H57N7O8. The molecule has 15 heteroatoms. The van der Waals surface area contributed by atoms with Gasteiger partial charge in [0.1, 0.15) is 17.5 Å². The predicted molar refractivity (Wildman–Crippen MR) is 228 cm³/mol. The monoisotopic (exact) mass is 811 g/mol. The van der Waals surface area contributed by atoms with Crippen LogP contribution in [0.5, 0.6) is 0 Å². The number of methoxy groups -OCH3 is 1. The number of benzene rings is 3. The van der Waals surface area contributed by atoms with Gasteiger partial charge < -0.3 is 40.2 Å². The van der Waals surface area contributed by atoms with Crippen molar-refractivity contribution in [3.63, 3.8) is 0 Å². The number of terminal acetylenes is 1. The van der Waals surface area contributed by atoms with E-state index in [0.29, 0.717) is 58.6 Å². The molecular weight excluding hydrogens is 755 g/mol. The van der Waals surface area contributed by atoms with Crippen LogP contribution in [-0.4, -0.2) is 102 Å². The van der Waals surface area contributed by atoms with Crippen LogP contribution in [0, 0.1) is 19.8 Å². The van der Waals surface area contributed by atoms with Gasteiger partial charge in [0.05, 0.1) is 30.7 Å². The second-order valence-electron chi connectivity index (χ2n) is 14.3. The molecule has 0 saturated carbocycles. The van der Waals surface area contributed by atoms with Crippen LogP contribution in [0.4, 0.5) is 10.5 Å². The second kappa shape index (κ2) is 24.3. The van der Waals surface area contributed by atoms with E-state index in [1.807, 2.05) is 34.6 Å². The fourth-order valence-corrected chi connectivity index (χ4v) is 5.69. The molecule has 0 bridgehead atoms. The second-order valence-corrected chi connectivity index (χ2v) is 14.3. The minimum atomic E-state index is -0.952. The van der Waals surface area contributed by atoms with Crippen LogP contribution in [0.15, 0.2) is 66.7 Å². The minimum Gasteiger partial charge on any atom is -0.444 e. The number of carbonyl (C=O) groups excluding carboxylic acids is 6. The first-order valence-electron chi connectivity index (χ1n) is 19.1. The van der Waals surface area contributed by atoms with Crippen molar-refractivity contribution < 1.29 is 38.2 Å². The van der Waals surface area contributed by atoms with E-state index in [1.54, 1.807) is 86.7 Å². The Bertz CT molecular complexity index is 2040. The number of anilines is 1. The fraction of sp³-hybridized carbons (Fsp3) is 0.386. The molecule has 3 aromatic carbocycles. The third-order valence-corrected chi connectivity index (χ3v) is 8.28. The van der Waals surface area contributed by atoms with Crippen LogP contribution in [0.25, 0.3) is 11.0 Å². The number of Topliss-reactive ketones (excluding diaryl/α,β-unsaturated/α-hetero) is 1. The number of amides is 5. The Balaban J connectivity index is 0.00000229. The van der Waals surface area contributed by atoms with Crippen LogP contribution in [-0.2, 0) is 30.4 Å². The number of ether oxygens (including phenoxy) is 2. The van der Waals surface area contributed by atoms with Crippen molar-refractivity contribution in [2.24, 2.45) is 0 Å². The highest BCUT2D eigenvalue weighted by molar-refractivity contribution is 6.04. The maximum atomic E-state index is 13.5. The molecule has 4 N–H and O–H groups in total. The smallest absolute Gasteiger partial charge is 0.410 e. The number of imidazole rings is 1. The summed E-state index contributed by atoms with van der Waals surface area (Å²) in [6.45, 7) is 11.4. The van der Waals surface area contributed by atoms with Crippen molar-refractivity contribution in [2.75, 3.05) is 45.7 Å². The fourth-order valence-electron chi connectivity index (χ4n) is 5.69. The van der Waals surface area contributed by atoms with E-state index in [1.165, 1.54) is 11.0 Å². The number of hydrogen-bond donors (Lipinski definition) is 4. The molecule has 0 aliphatic carbocycles. The highest BCUT2D eigenvalue weighted by Crippen LogP contribution is 2.20. The predicted octanol–water partition coefficient (Wildman–Crippen LogP) is 5.81. The number of aromatic nitrogens is 2. The number of ketones is 1. The molecule has 0 aliphatic heterocycles. The minimum absolute atomic E-state index is 0.204. The lowest BCUT2D eigenvalue weighted by atomic mass is 10.1. The van der Waals surface area contributed by atoms with Gasteiger partial charge in [-0.25, -0.2) is 9.78 Å². The molecule has 0 unspecified atom stereocenters. The molecule has 316 valence electrons. The quantitative estimate of drug-likeness (QED) is 0.0579. The van der Waals surface area contributed by atoms with Crippen LogP contribution in [0.1, 0.15) is 91.2 Å². The standard InChI is InChI=1S/C40H49N7O7.C2H6O.C2H2/c1-7-18-46(38(52)36(42-25-48)27-12-10-9-11-13-27)24-35(50)45-31-20-28(15-14-26(31)3)33(49)22-41-37(51)29-16-17-30-32(21-29)44-34(43-30)23-47(19-8-2)39(53)54-40(4,5)6;1-3-2;1-2/h9-17,20-21,25,36H,7-8,18-19,22-24H2,1-6H3,(H,41,51)(H,42,48)(H,43,44)(H,45,50);1-2H3;1-2H/t36-;;/m1../s1. The molecule has 1 atom stereocenters. The van der Waals surface area contributed by atoms with Crippen LogP contribution in [0.3, 0.4) is 0 Å². The summed E-state index contributed by atoms with van der Waals surface area (Å²) in [5, 5.41) is 8.02. The zero-order chi connectivity index (χ0) is 44.1. The first kappa shape index (κ1) is 48.6. The van der Waals surface area contributed by atoms with E-state index in [9.17, 15) is 28.8 Å². The Morgan fingerprint density at radius 1 is 0.898 bits per heavy atom. The van der Waals surface area contributed by atoms with E-state index in [0.717, 1.165) is 6.42 Å². The molecule has 5 amide bonds. The number of rotatable bonds is 17. The summed E-state index contributed by atoms with van der Waals surface area (Å²) in [7, 11) is 3.25. The van der Waals surface area contributed by atoms with Crippen molar-refractivity contribution in [3.8, 4) is 12.8 Å². The number of aryl methyl sites for hydroxylation is 1. The van der Waals surface area contributed by atoms with Crippen molar-refractivity contribution in [1.82, 2.24) is 30.4 Å². The number of nitrogens with zero attached hydrogens (tertiary/aromatic N) is 3. The van der Waals surface area contributed by atoms with E-state index in [2.05, 4.69) is 43.5 Å². The number of hydrogen-bond acceptors (Lipinski definition) is 9. The van der Waals surface area contributed by atoms with Crippen LogP contribution in [0.2, 0.25) is 0 Å². The average molecular weight is 812 g/mol. The largest absolute Gasteiger partial charge is 0.444 e. The number of carbonyl (C=O) groups is 6. The van der Waals surface area contributed by atoms with Gasteiger partial charge in [0.15, 0.2) is 5.78 Å². The first-order valence-corrected chi connectivity index (χ1v) is 19.1. The zero-order valence-electron chi connectivity index (χ0n) is 35.2. The molecule has 59 heavy (non-hydrogen) atoms. The number of H-pyrrole nitrogens is 1. The SMILES string of the molecule is C#C.CCCN(Cc1nc2ccc(C(=O)NCC(=O)c3ccc(C)c(NC(=O)CN(CCC)C(=O)[C@H](NC=O)c4ccccc4)c3)cc2[nH]1)C(=O)OC(C)(C)C.COC. The Hall–Kier alpha value is -6.53. The van der Waals surface area contributed by atoms with Crippen LogP contribution < -0.4 is 16.0 Å². The van der Waals surface area contributed by atoms with E-state index >= 15 is 0 Å². The highest BCUT2D eigenvalue weighted by atomic mass is 16.6. The van der Waals surface area contributed by atoms with Crippen LogP contribution >= 0.6 is 0 Å². The van der Waals surface area contributed by atoms with Gasteiger partial charge >= 0.3 is 6.09 Å². The topological polar surface area (TPSA) is 192 Å².